The van der Waals surface area contributed by atoms with Gasteiger partial charge in [-0.2, -0.15) is 5.26 Å². The largest absolute Gasteiger partial charge is 0.481 e. The molecule has 0 spiro atoms. The summed E-state index contributed by atoms with van der Waals surface area (Å²) in [5.74, 6) is -0.647. The molecule has 16 heavy (non-hydrogen) atoms. The van der Waals surface area contributed by atoms with E-state index in [4.69, 9.17) is 5.26 Å². The molecule has 0 bridgehead atoms. The number of hydrogen-bond donors (Lipinski definition) is 1. The number of aliphatic carboxylic acids is 1. The first-order valence-electron chi connectivity index (χ1n) is 5.97. The highest BCUT2D eigenvalue weighted by Crippen LogP contribution is 2.35. The highest BCUT2D eigenvalue weighted by atomic mass is 16.4. The van der Waals surface area contributed by atoms with E-state index in [0.717, 1.165) is 38.9 Å². The predicted molar refractivity (Wildman–Crippen MR) is 60.9 cm³/mol. The summed E-state index contributed by atoms with van der Waals surface area (Å²) < 4.78 is 0. The molecule has 0 aliphatic carbocycles. The number of unbranched alkanes of at least 4 members (excludes halogenated alkanes) is 1. The minimum absolute atomic E-state index is 0.494. The van der Waals surface area contributed by atoms with Gasteiger partial charge in [0, 0.05) is 6.42 Å². The van der Waals surface area contributed by atoms with Gasteiger partial charge >= 0.3 is 5.97 Å². The van der Waals surface area contributed by atoms with Crippen LogP contribution < -0.4 is 0 Å². The van der Waals surface area contributed by atoms with Crippen LogP contribution >= 0.6 is 0 Å². The molecule has 1 rings (SSSR count). The SMILES string of the molecule is CCC1(C(=O)O)CCN(CCCC#N)CC1. The summed E-state index contributed by atoms with van der Waals surface area (Å²) >= 11 is 0. The van der Waals surface area contributed by atoms with Crippen LogP contribution in [0.5, 0.6) is 0 Å². The van der Waals surface area contributed by atoms with E-state index in [1.54, 1.807) is 0 Å². The Labute approximate surface area is 96.9 Å². The Bertz CT molecular complexity index is 275. The first-order valence-corrected chi connectivity index (χ1v) is 5.97. The first kappa shape index (κ1) is 13.0. The van der Waals surface area contributed by atoms with Gasteiger partial charge in [0.25, 0.3) is 0 Å². The van der Waals surface area contributed by atoms with Gasteiger partial charge in [-0.05, 0) is 45.3 Å². The van der Waals surface area contributed by atoms with Crippen molar-refractivity contribution in [3.8, 4) is 6.07 Å². The normalized spacial score (nSPS) is 20.2. The average molecular weight is 224 g/mol. The van der Waals surface area contributed by atoms with Crippen molar-refractivity contribution in [3.05, 3.63) is 0 Å². The number of piperidine rings is 1. The van der Waals surface area contributed by atoms with Crippen LogP contribution in [0.4, 0.5) is 0 Å². The monoisotopic (exact) mass is 224 g/mol. The van der Waals surface area contributed by atoms with Gasteiger partial charge in [0.1, 0.15) is 0 Å². The molecular formula is C12H20N2O2. The summed E-state index contributed by atoms with van der Waals surface area (Å²) in [6, 6.07) is 2.13. The summed E-state index contributed by atoms with van der Waals surface area (Å²) in [6.07, 6.45) is 3.68. The minimum Gasteiger partial charge on any atom is -0.481 e. The Morgan fingerprint density at radius 3 is 2.56 bits per heavy atom. The lowest BCUT2D eigenvalue weighted by Crippen LogP contribution is -2.44. The third-order valence-electron chi connectivity index (χ3n) is 3.71. The van der Waals surface area contributed by atoms with E-state index in [-0.39, 0.29) is 0 Å². The van der Waals surface area contributed by atoms with Crippen molar-refractivity contribution < 1.29 is 9.90 Å². The molecule has 1 N–H and O–H groups in total. The molecule has 0 amide bonds. The Morgan fingerprint density at radius 1 is 1.50 bits per heavy atom. The van der Waals surface area contributed by atoms with E-state index in [1.165, 1.54) is 0 Å². The van der Waals surface area contributed by atoms with Crippen LogP contribution in [0.3, 0.4) is 0 Å². The quantitative estimate of drug-likeness (QED) is 0.724. The summed E-state index contributed by atoms with van der Waals surface area (Å²) in [4.78, 5) is 13.5. The van der Waals surface area contributed by atoms with Crippen LogP contribution in [-0.4, -0.2) is 35.6 Å². The topological polar surface area (TPSA) is 64.3 Å². The minimum atomic E-state index is -0.647. The molecule has 90 valence electrons. The lowest BCUT2D eigenvalue weighted by molar-refractivity contribution is -0.152. The molecule has 1 heterocycles. The molecule has 1 saturated heterocycles. The predicted octanol–water partition coefficient (Wildman–Crippen LogP) is 1.87. The van der Waals surface area contributed by atoms with Crippen LogP contribution in [0.2, 0.25) is 0 Å². The fourth-order valence-corrected chi connectivity index (χ4v) is 2.31. The molecule has 0 radical (unpaired) electrons. The van der Waals surface area contributed by atoms with Gasteiger partial charge in [0.2, 0.25) is 0 Å². The van der Waals surface area contributed by atoms with E-state index in [2.05, 4.69) is 11.0 Å². The highest BCUT2D eigenvalue weighted by Gasteiger charge is 2.39. The van der Waals surface area contributed by atoms with Gasteiger partial charge in [0.05, 0.1) is 11.5 Å². The molecular weight excluding hydrogens is 204 g/mol. The van der Waals surface area contributed by atoms with Gasteiger partial charge < -0.3 is 10.0 Å². The van der Waals surface area contributed by atoms with Crippen molar-refractivity contribution in [1.29, 1.82) is 5.26 Å². The molecule has 0 aromatic carbocycles. The smallest absolute Gasteiger partial charge is 0.309 e. The van der Waals surface area contributed by atoms with Gasteiger partial charge in [-0.3, -0.25) is 4.79 Å². The molecule has 1 fully saturated rings. The Kier molecular flexibility index (Phi) is 4.75. The second-order valence-electron chi connectivity index (χ2n) is 4.54. The van der Waals surface area contributed by atoms with E-state index in [0.29, 0.717) is 12.8 Å². The molecule has 4 nitrogen and oxygen atoms in total. The van der Waals surface area contributed by atoms with E-state index in [1.807, 2.05) is 6.92 Å². The summed E-state index contributed by atoms with van der Waals surface area (Å²) in [5.41, 5.74) is -0.494. The molecule has 0 aromatic rings. The first-order chi connectivity index (χ1) is 7.64. The third kappa shape index (κ3) is 2.96. The molecule has 0 unspecified atom stereocenters. The van der Waals surface area contributed by atoms with Crippen molar-refractivity contribution in [2.75, 3.05) is 19.6 Å². The highest BCUT2D eigenvalue weighted by molar-refractivity contribution is 5.74. The van der Waals surface area contributed by atoms with Gasteiger partial charge in [-0.1, -0.05) is 6.92 Å². The zero-order valence-electron chi connectivity index (χ0n) is 9.91. The molecule has 4 heteroatoms. The van der Waals surface area contributed by atoms with Gasteiger partial charge in [-0.25, -0.2) is 0 Å². The van der Waals surface area contributed by atoms with Crippen molar-refractivity contribution in [2.24, 2.45) is 5.41 Å². The molecule has 0 aromatic heterocycles. The van der Waals surface area contributed by atoms with E-state index in [9.17, 15) is 9.90 Å². The Balaban J connectivity index is 2.38. The second kappa shape index (κ2) is 5.86. The summed E-state index contributed by atoms with van der Waals surface area (Å²) in [6.45, 7) is 4.59. The van der Waals surface area contributed by atoms with Crippen LogP contribution in [-0.2, 0) is 4.79 Å². The number of likely N-dealkylation sites (tertiary alicyclic amines) is 1. The fraction of sp³-hybridized carbons (Fsp3) is 0.833. The van der Waals surface area contributed by atoms with E-state index >= 15 is 0 Å². The van der Waals surface area contributed by atoms with Gasteiger partial charge in [-0.15, -0.1) is 0 Å². The standard InChI is InChI=1S/C12H20N2O2/c1-2-12(11(15)16)5-9-14(10-6-12)8-4-3-7-13/h2-6,8-10H2,1H3,(H,15,16). The lowest BCUT2D eigenvalue weighted by atomic mass is 9.76. The number of nitriles is 1. The van der Waals surface area contributed by atoms with E-state index < -0.39 is 11.4 Å². The Hall–Kier alpha value is -1.08. The zero-order chi connectivity index (χ0) is 12.0. The number of carboxylic acids is 1. The average Bonchev–Trinajstić information content (AvgIpc) is 2.30. The van der Waals surface area contributed by atoms with Crippen LogP contribution in [0.1, 0.15) is 39.0 Å². The maximum Gasteiger partial charge on any atom is 0.309 e. The van der Waals surface area contributed by atoms with Crippen molar-refractivity contribution >= 4 is 5.97 Å². The number of rotatable bonds is 5. The number of carboxylic acid groups (broad SMARTS) is 1. The molecule has 0 saturated carbocycles. The van der Waals surface area contributed by atoms with Crippen LogP contribution in [0, 0.1) is 16.7 Å². The zero-order valence-corrected chi connectivity index (χ0v) is 9.91. The second-order valence-corrected chi connectivity index (χ2v) is 4.54. The van der Waals surface area contributed by atoms with Crippen molar-refractivity contribution in [2.45, 2.75) is 39.0 Å². The van der Waals surface area contributed by atoms with Crippen molar-refractivity contribution in [1.82, 2.24) is 4.90 Å². The maximum absolute atomic E-state index is 11.2. The number of nitrogens with zero attached hydrogens (tertiary/aromatic N) is 2. The summed E-state index contributed by atoms with van der Waals surface area (Å²) in [7, 11) is 0. The lowest BCUT2D eigenvalue weighted by Gasteiger charge is -2.38. The molecule has 1 aliphatic heterocycles. The van der Waals surface area contributed by atoms with Crippen LogP contribution in [0.25, 0.3) is 0 Å². The summed E-state index contributed by atoms with van der Waals surface area (Å²) in [5, 5.41) is 17.7. The third-order valence-corrected chi connectivity index (χ3v) is 3.71. The molecule has 1 aliphatic rings. The number of hydrogen-bond acceptors (Lipinski definition) is 3. The van der Waals surface area contributed by atoms with Gasteiger partial charge in [0.15, 0.2) is 0 Å². The Morgan fingerprint density at radius 2 is 2.12 bits per heavy atom. The van der Waals surface area contributed by atoms with Crippen molar-refractivity contribution in [3.63, 3.8) is 0 Å². The fourth-order valence-electron chi connectivity index (χ4n) is 2.31. The number of carbonyl (C=O) groups is 1. The maximum atomic E-state index is 11.2. The molecule has 0 atom stereocenters. The van der Waals surface area contributed by atoms with Crippen LogP contribution in [0.15, 0.2) is 0 Å².